The Labute approximate surface area is 81.9 Å². The Kier molecular flexibility index (Phi) is 12.1. The Morgan fingerprint density at radius 3 is 1.85 bits per heavy atom. The molecule has 13 heavy (non-hydrogen) atoms. The van der Waals surface area contributed by atoms with Gasteiger partial charge in [-0.1, -0.05) is 38.2 Å². The summed E-state index contributed by atoms with van der Waals surface area (Å²) in [5.74, 6) is 0.0776. The van der Waals surface area contributed by atoms with Crippen LogP contribution < -0.4 is 0 Å². The van der Waals surface area contributed by atoms with Crippen LogP contribution in [0.3, 0.4) is 0 Å². The zero-order chi connectivity index (χ0) is 10.7. The van der Waals surface area contributed by atoms with E-state index in [0.717, 1.165) is 5.57 Å². The third-order valence-electron chi connectivity index (χ3n) is 1.20. The maximum Gasteiger partial charge on any atom is 0.152 e. The lowest BCUT2D eigenvalue weighted by atomic mass is 10.2. The van der Waals surface area contributed by atoms with Gasteiger partial charge in [-0.3, -0.25) is 4.79 Å². The van der Waals surface area contributed by atoms with Gasteiger partial charge in [0.1, 0.15) is 0 Å². The summed E-state index contributed by atoms with van der Waals surface area (Å²) in [5.41, 5.74) is 1.06. The van der Waals surface area contributed by atoms with E-state index in [1.807, 2.05) is 52.0 Å². The van der Waals surface area contributed by atoms with Gasteiger partial charge in [0.25, 0.3) is 0 Å². The molecule has 1 heteroatoms. The summed E-state index contributed by atoms with van der Waals surface area (Å²) in [6.45, 7) is 9.43. The lowest BCUT2D eigenvalue weighted by Crippen LogP contribution is -1.80. The first kappa shape index (κ1) is 14.4. The minimum atomic E-state index is 0.0776. The Bertz CT molecular complexity index is 207. The average molecular weight is 180 g/mol. The molecule has 0 aromatic carbocycles. The molecule has 74 valence electrons. The van der Waals surface area contributed by atoms with Gasteiger partial charge in [0.15, 0.2) is 5.78 Å². The normalized spacial score (nSPS) is 11.6. The Morgan fingerprint density at radius 1 is 1.00 bits per heavy atom. The van der Waals surface area contributed by atoms with E-state index in [1.54, 1.807) is 13.0 Å². The average Bonchev–Trinajstić information content (AvgIpc) is 2.15. The molecule has 0 aromatic rings. The zero-order valence-corrected chi connectivity index (χ0v) is 9.29. The molecule has 0 saturated carbocycles. The van der Waals surface area contributed by atoms with Gasteiger partial charge in [-0.25, -0.2) is 0 Å². The van der Waals surface area contributed by atoms with E-state index >= 15 is 0 Å². The molecule has 1 nitrogen and oxygen atoms in total. The van der Waals surface area contributed by atoms with Crippen molar-refractivity contribution in [3.63, 3.8) is 0 Å². The number of hydrogen-bond acceptors (Lipinski definition) is 1. The highest BCUT2D eigenvalue weighted by atomic mass is 16.1. The van der Waals surface area contributed by atoms with Crippen LogP contribution in [0.5, 0.6) is 0 Å². The minimum Gasteiger partial charge on any atom is -0.295 e. The summed E-state index contributed by atoms with van der Waals surface area (Å²) < 4.78 is 0. The van der Waals surface area contributed by atoms with E-state index < -0.39 is 0 Å². The van der Waals surface area contributed by atoms with Crippen molar-refractivity contribution in [2.24, 2.45) is 0 Å². The molecular weight excluding hydrogens is 160 g/mol. The van der Waals surface area contributed by atoms with Crippen LogP contribution >= 0.6 is 0 Å². The predicted octanol–water partition coefficient (Wildman–Crippen LogP) is 3.68. The molecule has 0 unspecified atom stereocenters. The van der Waals surface area contributed by atoms with Gasteiger partial charge < -0.3 is 0 Å². The second kappa shape index (κ2) is 10.9. The number of carbonyl (C=O) groups excluding carboxylic acids is 1. The van der Waals surface area contributed by atoms with Crippen molar-refractivity contribution in [2.75, 3.05) is 0 Å². The Hall–Kier alpha value is -1.11. The van der Waals surface area contributed by atoms with Crippen molar-refractivity contribution in [1.82, 2.24) is 0 Å². The van der Waals surface area contributed by atoms with Gasteiger partial charge >= 0.3 is 0 Å². The number of carbonyl (C=O) groups is 1. The highest BCUT2D eigenvalue weighted by Gasteiger charge is 1.83. The van der Waals surface area contributed by atoms with Crippen LogP contribution in [0.15, 0.2) is 36.0 Å². The third-order valence-corrected chi connectivity index (χ3v) is 1.20. The fourth-order valence-electron chi connectivity index (χ4n) is 0.654. The van der Waals surface area contributed by atoms with Crippen molar-refractivity contribution < 1.29 is 4.79 Å². The van der Waals surface area contributed by atoms with Crippen molar-refractivity contribution in [3.05, 3.63) is 36.0 Å². The first-order chi connectivity index (χ1) is 6.20. The van der Waals surface area contributed by atoms with Crippen molar-refractivity contribution in [3.8, 4) is 0 Å². The molecular formula is C12H20O. The van der Waals surface area contributed by atoms with Crippen LogP contribution in [-0.2, 0) is 4.79 Å². The predicted molar refractivity (Wildman–Crippen MR) is 59.7 cm³/mol. The number of hydrogen-bond donors (Lipinski definition) is 0. The van der Waals surface area contributed by atoms with E-state index in [2.05, 4.69) is 0 Å². The lowest BCUT2D eigenvalue weighted by molar-refractivity contribution is -0.112. The van der Waals surface area contributed by atoms with E-state index in [-0.39, 0.29) is 5.78 Å². The second-order valence-corrected chi connectivity index (χ2v) is 2.23. The smallest absolute Gasteiger partial charge is 0.152 e. The second-order valence-electron chi connectivity index (χ2n) is 2.23. The van der Waals surface area contributed by atoms with Gasteiger partial charge in [-0.2, -0.15) is 0 Å². The summed E-state index contributed by atoms with van der Waals surface area (Å²) in [5, 5.41) is 0. The van der Waals surface area contributed by atoms with Crippen LogP contribution in [0.1, 0.15) is 34.6 Å². The largest absolute Gasteiger partial charge is 0.295 e. The molecule has 0 aliphatic rings. The van der Waals surface area contributed by atoms with Crippen LogP contribution in [0.2, 0.25) is 0 Å². The summed E-state index contributed by atoms with van der Waals surface area (Å²) in [6, 6.07) is 0. The Balaban J connectivity index is 0. The van der Waals surface area contributed by atoms with Crippen molar-refractivity contribution in [1.29, 1.82) is 0 Å². The first-order valence-corrected chi connectivity index (χ1v) is 4.68. The van der Waals surface area contributed by atoms with Crippen LogP contribution in [0, 0.1) is 0 Å². The van der Waals surface area contributed by atoms with Crippen molar-refractivity contribution in [2.45, 2.75) is 34.6 Å². The fourth-order valence-corrected chi connectivity index (χ4v) is 0.654. The summed E-state index contributed by atoms with van der Waals surface area (Å²) in [4.78, 5) is 10.5. The van der Waals surface area contributed by atoms with E-state index in [9.17, 15) is 4.79 Å². The molecule has 0 aliphatic heterocycles. The standard InChI is InChI=1S/C10H14O.C2H6/c1-4-6-10(5-2)8-7-9(3)11;1-2/h4-8H,1-3H3;1-2H3/b6-4-,8-7+,10-5+;. The topological polar surface area (TPSA) is 17.1 Å². The highest BCUT2D eigenvalue weighted by molar-refractivity contribution is 5.87. The molecule has 0 radical (unpaired) electrons. The monoisotopic (exact) mass is 180 g/mol. The molecule has 0 aliphatic carbocycles. The molecule has 0 rings (SSSR count). The van der Waals surface area contributed by atoms with Crippen LogP contribution in [0.25, 0.3) is 0 Å². The maximum atomic E-state index is 10.5. The van der Waals surface area contributed by atoms with E-state index in [4.69, 9.17) is 0 Å². The zero-order valence-electron chi connectivity index (χ0n) is 9.29. The van der Waals surface area contributed by atoms with Crippen LogP contribution in [-0.4, -0.2) is 5.78 Å². The Morgan fingerprint density at radius 2 is 1.54 bits per heavy atom. The number of allylic oxidation sites excluding steroid dienone is 6. The molecule has 0 saturated heterocycles. The molecule has 0 fully saturated rings. The van der Waals surface area contributed by atoms with Gasteiger partial charge in [0.2, 0.25) is 0 Å². The van der Waals surface area contributed by atoms with Gasteiger partial charge in [0, 0.05) is 0 Å². The molecule has 0 atom stereocenters. The fraction of sp³-hybridized carbons (Fsp3) is 0.417. The van der Waals surface area contributed by atoms with E-state index in [1.165, 1.54) is 0 Å². The first-order valence-electron chi connectivity index (χ1n) is 4.68. The van der Waals surface area contributed by atoms with Gasteiger partial charge in [0.05, 0.1) is 0 Å². The molecule has 0 aromatic heterocycles. The summed E-state index contributed by atoms with van der Waals surface area (Å²) in [7, 11) is 0. The molecule has 0 amide bonds. The third kappa shape index (κ3) is 10.9. The number of rotatable bonds is 3. The summed E-state index contributed by atoms with van der Waals surface area (Å²) in [6.07, 6.45) is 9.23. The summed E-state index contributed by atoms with van der Waals surface area (Å²) >= 11 is 0. The highest BCUT2D eigenvalue weighted by Crippen LogP contribution is 1.98. The SMILES string of the molecule is CC.C\C=C/C(/C=C/C(C)=O)=C\C. The van der Waals surface area contributed by atoms with Crippen molar-refractivity contribution >= 4 is 5.78 Å². The van der Waals surface area contributed by atoms with Gasteiger partial charge in [-0.05, 0) is 32.4 Å². The van der Waals surface area contributed by atoms with Crippen LogP contribution in [0.4, 0.5) is 0 Å². The lowest BCUT2D eigenvalue weighted by Gasteiger charge is -1.88. The number of ketones is 1. The van der Waals surface area contributed by atoms with Gasteiger partial charge in [-0.15, -0.1) is 0 Å². The molecule has 0 spiro atoms. The maximum absolute atomic E-state index is 10.5. The quantitative estimate of drug-likeness (QED) is 0.478. The molecule has 0 bridgehead atoms. The minimum absolute atomic E-state index is 0.0776. The molecule has 0 N–H and O–H groups in total. The van der Waals surface area contributed by atoms with E-state index in [0.29, 0.717) is 0 Å². The molecule has 0 heterocycles.